The number of halogens is 1. The largest absolute Gasteiger partial charge is 0.465 e. The van der Waals surface area contributed by atoms with Gasteiger partial charge in [-0.15, -0.1) is 0 Å². The molecule has 1 N–H and O–H groups in total. The Hall–Kier alpha value is -2.22. The van der Waals surface area contributed by atoms with Crippen LogP contribution in [-0.2, 0) is 9.53 Å². The summed E-state index contributed by atoms with van der Waals surface area (Å²) in [6, 6.07) is 1.73. The van der Waals surface area contributed by atoms with Gasteiger partial charge in [-0.05, 0) is 24.6 Å². The molecule has 0 spiro atoms. The topological polar surface area (TPSA) is 94.8 Å². The molecule has 0 aliphatic rings. The first-order chi connectivity index (χ1) is 9.19. The maximum Gasteiger partial charge on any atom is 0.325 e. The number of carbonyl (C=O) groups excluding carboxylic acids is 1. The molecule has 19 heavy (non-hydrogen) atoms. The van der Waals surface area contributed by atoms with E-state index in [2.05, 4.69) is 25.4 Å². The average Bonchev–Trinajstić information content (AvgIpc) is 2.90. The molecule has 0 radical (unpaired) electrons. The summed E-state index contributed by atoms with van der Waals surface area (Å²) in [5.41, 5.74) is 0. The molecule has 2 rings (SSSR count). The summed E-state index contributed by atoms with van der Waals surface area (Å²) in [7, 11) is 0. The molecule has 0 bridgehead atoms. The van der Waals surface area contributed by atoms with Gasteiger partial charge >= 0.3 is 5.97 Å². The van der Waals surface area contributed by atoms with Crippen molar-refractivity contribution in [2.75, 3.05) is 18.5 Å². The summed E-state index contributed by atoms with van der Waals surface area (Å²) < 4.78 is 6.21. The number of hydrogen-bond donors (Lipinski definition) is 1. The predicted molar refractivity (Wildman–Crippen MR) is 67.1 cm³/mol. The number of ether oxygens (including phenoxy) is 1. The first-order valence-corrected chi connectivity index (χ1v) is 5.88. The molecule has 0 aliphatic carbocycles. The van der Waals surface area contributed by atoms with Gasteiger partial charge in [-0.25, -0.2) is 4.68 Å². The standard InChI is InChI=1S/C10H11ClN6O2/c1-2-19-7(18)6-12-9-14-8(11)15-10(16-9)17-5-3-4-13-17/h3-5H,2,6H2,1H3,(H,12,14,15,16). The van der Waals surface area contributed by atoms with Crippen LogP contribution in [0.3, 0.4) is 0 Å². The minimum absolute atomic E-state index is 0.00635. The Bertz CT molecular complexity index is 559. The first kappa shape index (κ1) is 13.2. The van der Waals surface area contributed by atoms with E-state index in [9.17, 15) is 4.79 Å². The lowest BCUT2D eigenvalue weighted by atomic mass is 10.6. The maximum atomic E-state index is 11.2. The van der Waals surface area contributed by atoms with Crippen LogP contribution in [0.4, 0.5) is 5.95 Å². The van der Waals surface area contributed by atoms with E-state index in [4.69, 9.17) is 16.3 Å². The Morgan fingerprint density at radius 3 is 3.00 bits per heavy atom. The summed E-state index contributed by atoms with van der Waals surface area (Å²) in [4.78, 5) is 23.1. The van der Waals surface area contributed by atoms with Gasteiger partial charge in [0.15, 0.2) is 0 Å². The highest BCUT2D eigenvalue weighted by atomic mass is 35.5. The molecule has 0 aliphatic heterocycles. The minimum Gasteiger partial charge on any atom is -0.465 e. The zero-order valence-corrected chi connectivity index (χ0v) is 10.8. The lowest BCUT2D eigenvalue weighted by molar-refractivity contribution is -0.140. The van der Waals surface area contributed by atoms with E-state index in [-0.39, 0.29) is 23.7 Å². The van der Waals surface area contributed by atoms with Gasteiger partial charge in [0.05, 0.1) is 6.61 Å². The molecular weight excluding hydrogens is 272 g/mol. The normalized spacial score (nSPS) is 10.2. The van der Waals surface area contributed by atoms with Crippen molar-refractivity contribution >= 4 is 23.5 Å². The first-order valence-electron chi connectivity index (χ1n) is 5.50. The predicted octanol–water partition coefficient (Wildman–Crippen LogP) is 0.686. The fourth-order valence-corrected chi connectivity index (χ4v) is 1.43. The Morgan fingerprint density at radius 2 is 2.32 bits per heavy atom. The number of hydrogen-bond acceptors (Lipinski definition) is 7. The summed E-state index contributed by atoms with van der Waals surface area (Å²) in [6.07, 6.45) is 3.25. The van der Waals surface area contributed by atoms with Gasteiger partial charge in [0.25, 0.3) is 5.95 Å². The summed E-state index contributed by atoms with van der Waals surface area (Å²) in [5, 5.41) is 6.70. The summed E-state index contributed by atoms with van der Waals surface area (Å²) in [5.74, 6) is 0.0367. The SMILES string of the molecule is CCOC(=O)CNc1nc(Cl)nc(-n2cccn2)n1. The van der Waals surface area contributed by atoms with Crippen molar-refractivity contribution < 1.29 is 9.53 Å². The number of nitrogens with one attached hydrogen (secondary N) is 1. The molecule has 0 unspecified atom stereocenters. The second kappa shape index (κ2) is 6.10. The minimum atomic E-state index is -0.403. The number of nitrogens with zero attached hydrogens (tertiary/aromatic N) is 5. The average molecular weight is 283 g/mol. The van der Waals surface area contributed by atoms with Gasteiger partial charge in [-0.3, -0.25) is 4.79 Å². The van der Waals surface area contributed by atoms with Crippen LogP contribution >= 0.6 is 11.6 Å². The third-order valence-electron chi connectivity index (χ3n) is 2.00. The van der Waals surface area contributed by atoms with Crippen LogP contribution in [0.5, 0.6) is 0 Å². The fourth-order valence-electron chi connectivity index (χ4n) is 1.27. The van der Waals surface area contributed by atoms with Crippen molar-refractivity contribution in [2.45, 2.75) is 6.92 Å². The Kier molecular flexibility index (Phi) is 4.24. The maximum absolute atomic E-state index is 11.2. The molecule has 2 aromatic rings. The van der Waals surface area contributed by atoms with Crippen LogP contribution < -0.4 is 5.32 Å². The van der Waals surface area contributed by atoms with Gasteiger partial charge in [0, 0.05) is 12.4 Å². The molecule has 0 saturated carbocycles. The third kappa shape index (κ3) is 3.62. The lowest BCUT2D eigenvalue weighted by Gasteiger charge is -2.06. The molecule has 0 saturated heterocycles. The fraction of sp³-hybridized carbons (Fsp3) is 0.300. The zero-order chi connectivity index (χ0) is 13.7. The molecule has 0 aromatic carbocycles. The summed E-state index contributed by atoms with van der Waals surface area (Å²) >= 11 is 5.78. The highest BCUT2D eigenvalue weighted by molar-refractivity contribution is 6.28. The highest BCUT2D eigenvalue weighted by Gasteiger charge is 2.08. The molecule has 2 heterocycles. The zero-order valence-electron chi connectivity index (χ0n) is 10.1. The number of anilines is 1. The molecule has 100 valence electrons. The smallest absolute Gasteiger partial charge is 0.325 e. The molecule has 8 nitrogen and oxygen atoms in total. The summed E-state index contributed by atoms with van der Waals surface area (Å²) in [6.45, 7) is 2.00. The number of carbonyl (C=O) groups is 1. The van der Waals surface area contributed by atoms with Crippen molar-refractivity contribution in [3.8, 4) is 5.95 Å². The van der Waals surface area contributed by atoms with Gasteiger partial charge in [-0.1, -0.05) is 0 Å². The van der Waals surface area contributed by atoms with Crippen molar-refractivity contribution in [1.29, 1.82) is 0 Å². The van der Waals surface area contributed by atoms with Gasteiger partial charge in [0.1, 0.15) is 6.54 Å². The van der Waals surface area contributed by atoms with Crippen LogP contribution in [-0.4, -0.2) is 43.9 Å². The van der Waals surface area contributed by atoms with Crippen LogP contribution in [0.1, 0.15) is 6.92 Å². The third-order valence-corrected chi connectivity index (χ3v) is 2.17. The van der Waals surface area contributed by atoms with Crippen LogP contribution in [0.2, 0.25) is 5.28 Å². The second-order valence-electron chi connectivity index (χ2n) is 3.34. The molecule has 0 atom stereocenters. The van der Waals surface area contributed by atoms with E-state index in [1.165, 1.54) is 4.68 Å². The van der Waals surface area contributed by atoms with Gasteiger partial charge < -0.3 is 10.1 Å². The van der Waals surface area contributed by atoms with Crippen LogP contribution in [0, 0.1) is 0 Å². The van der Waals surface area contributed by atoms with Crippen molar-refractivity contribution in [1.82, 2.24) is 24.7 Å². The van der Waals surface area contributed by atoms with Gasteiger partial charge in [-0.2, -0.15) is 20.1 Å². The van der Waals surface area contributed by atoms with Crippen LogP contribution in [0.25, 0.3) is 5.95 Å². The van der Waals surface area contributed by atoms with E-state index >= 15 is 0 Å². The van der Waals surface area contributed by atoms with Crippen molar-refractivity contribution in [2.24, 2.45) is 0 Å². The Balaban J connectivity index is 2.11. The van der Waals surface area contributed by atoms with E-state index in [0.29, 0.717) is 6.61 Å². The van der Waals surface area contributed by atoms with Gasteiger partial charge in [0.2, 0.25) is 11.2 Å². The lowest BCUT2D eigenvalue weighted by Crippen LogP contribution is -2.19. The molecule has 0 fully saturated rings. The van der Waals surface area contributed by atoms with E-state index in [1.54, 1.807) is 25.4 Å². The Labute approximate surface area is 113 Å². The van der Waals surface area contributed by atoms with Crippen LogP contribution in [0.15, 0.2) is 18.5 Å². The number of aromatic nitrogens is 5. The highest BCUT2D eigenvalue weighted by Crippen LogP contribution is 2.08. The quantitative estimate of drug-likeness (QED) is 0.806. The number of rotatable bonds is 5. The monoisotopic (exact) mass is 282 g/mol. The molecule has 0 amide bonds. The number of esters is 1. The molecule has 9 heteroatoms. The molecule has 2 aromatic heterocycles. The van der Waals surface area contributed by atoms with E-state index in [1.807, 2.05) is 0 Å². The Morgan fingerprint density at radius 1 is 1.47 bits per heavy atom. The van der Waals surface area contributed by atoms with E-state index in [0.717, 1.165) is 0 Å². The van der Waals surface area contributed by atoms with E-state index < -0.39 is 5.97 Å². The molecular formula is C10H11ClN6O2. The van der Waals surface area contributed by atoms with Crippen molar-refractivity contribution in [3.05, 3.63) is 23.7 Å². The van der Waals surface area contributed by atoms with Crippen molar-refractivity contribution in [3.63, 3.8) is 0 Å². The second-order valence-corrected chi connectivity index (χ2v) is 3.68.